The molecule has 0 atom stereocenters. The van der Waals surface area contributed by atoms with Gasteiger partial charge in [-0.3, -0.25) is 9.47 Å². The van der Waals surface area contributed by atoms with Gasteiger partial charge in [-0.1, -0.05) is 30.3 Å². The van der Waals surface area contributed by atoms with E-state index in [9.17, 15) is 0 Å². The van der Waals surface area contributed by atoms with Crippen molar-refractivity contribution in [3.05, 3.63) is 79.0 Å². The van der Waals surface area contributed by atoms with Crippen molar-refractivity contribution in [2.75, 3.05) is 14.1 Å². The van der Waals surface area contributed by atoms with Crippen LogP contribution >= 0.6 is 0 Å². The molecule has 0 aliphatic carbocycles. The molecule has 2 heterocycles. The number of rotatable bonds is 2. The lowest BCUT2D eigenvalue weighted by molar-refractivity contribution is -0.00000539. The number of pyridine rings is 1. The van der Waals surface area contributed by atoms with Gasteiger partial charge in [-0.05, 0) is 24.3 Å². The third-order valence-electron chi connectivity index (χ3n) is 5.77. The number of benzene rings is 3. The number of aromatic nitrogens is 2. The molecule has 3 aromatic carbocycles. The van der Waals surface area contributed by atoms with Crippen molar-refractivity contribution < 1.29 is 24.0 Å². The Bertz CT molecular complexity index is 1310. The lowest BCUT2D eigenvalue weighted by Crippen LogP contribution is -3.00. The zero-order valence-corrected chi connectivity index (χ0v) is 18.4. The highest BCUT2D eigenvalue weighted by atomic mass is 127. The molecule has 5 aromatic rings. The summed E-state index contributed by atoms with van der Waals surface area (Å²) < 4.78 is 2.94. The van der Waals surface area contributed by atoms with E-state index in [0.717, 1.165) is 5.52 Å². The van der Waals surface area contributed by atoms with Crippen LogP contribution in [0.2, 0.25) is 0 Å². The Labute approximate surface area is 181 Å². The topological polar surface area (TPSA) is 17.8 Å². The fourth-order valence-electron chi connectivity index (χ4n) is 4.21. The first-order valence-electron chi connectivity index (χ1n) is 9.23. The van der Waals surface area contributed by atoms with E-state index in [-0.39, 0.29) is 24.0 Å². The average Bonchev–Trinajstić information content (AvgIpc) is 3.00. The largest absolute Gasteiger partial charge is 1.00 e. The van der Waals surface area contributed by atoms with Gasteiger partial charge in [-0.15, -0.1) is 0 Å². The summed E-state index contributed by atoms with van der Waals surface area (Å²) in [6.45, 7) is 0. The molecule has 0 unspecified atom stereocenters. The Balaban J connectivity index is 0.00000192. The third kappa shape index (κ3) is 2.71. The number of para-hydroxylation sites is 2. The van der Waals surface area contributed by atoms with Crippen LogP contribution in [0.15, 0.2) is 79.0 Å². The maximum atomic E-state index is 4.53. The van der Waals surface area contributed by atoms with E-state index in [1.807, 2.05) is 12.3 Å². The van der Waals surface area contributed by atoms with Crippen molar-refractivity contribution in [2.45, 2.75) is 0 Å². The molecule has 0 spiro atoms. The predicted molar refractivity (Wildman–Crippen MR) is 115 cm³/mol. The van der Waals surface area contributed by atoms with Crippen LogP contribution in [-0.2, 0) is 7.05 Å². The van der Waals surface area contributed by atoms with Crippen LogP contribution in [0, 0.1) is 0 Å². The van der Waals surface area contributed by atoms with Crippen molar-refractivity contribution in [1.29, 1.82) is 0 Å². The molecule has 4 heteroatoms. The van der Waals surface area contributed by atoms with Gasteiger partial charge in [0.15, 0.2) is 0 Å². The molecule has 0 fully saturated rings. The first-order chi connectivity index (χ1) is 13.1. The van der Waals surface area contributed by atoms with E-state index in [1.165, 1.54) is 38.6 Å². The third-order valence-corrected chi connectivity index (χ3v) is 5.77. The van der Waals surface area contributed by atoms with Crippen LogP contribution < -0.4 is 28.5 Å². The van der Waals surface area contributed by atoms with Gasteiger partial charge in [0.05, 0.1) is 25.0 Å². The number of nitrogens with zero attached hydrogens (tertiary/aromatic N) is 3. The second kappa shape index (κ2) is 6.87. The highest BCUT2D eigenvalue weighted by Crippen LogP contribution is 2.38. The Hall–Kier alpha value is -2.44. The SMILES string of the molecule is Cn1c2ccccc2c2cc([N+](C)(C)c3ccnc4ccccc34)ccc21.[I-]. The number of hydrogen-bond donors (Lipinski definition) is 0. The van der Waals surface area contributed by atoms with Crippen molar-refractivity contribution >= 4 is 44.1 Å². The number of aryl methyl sites for hydroxylation is 1. The predicted octanol–water partition coefficient (Wildman–Crippen LogP) is 2.78. The molecule has 0 amide bonds. The summed E-state index contributed by atoms with van der Waals surface area (Å²) in [5.41, 5.74) is 6.08. The zero-order valence-electron chi connectivity index (χ0n) is 16.2. The second-order valence-corrected chi connectivity index (χ2v) is 7.58. The summed E-state index contributed by atoms with van der Waals surface area (Å²) in [6.07, 6.45) is 1.91. The van der Waals surface area contributed by atoms with Crippen LogP contribution in [0.5, 0.6) is 0 Å². The fourth-order valence-corrected chi connectivity index (χ4v) is 4.21. The molecular weight excluding hydrogens is 457 g/mol. The highest BCUT2D eigenvalue weighted by molar-refractivity contribution is 6.09. The minimum Gasteiger partial charge on any atom is -1.00 e. The molecule has 0 radical (unpaired) electrons. The molecule has 5 rings (SSSR count). The van der Waals surface area contributed by atoms with E-state index in [0.29, 0.717) is 4.48 Å². The fraction of sp³-hybridized carbons (Fsp3) is 0.125. The van der Waals surface area contributed by atoms with Crippen LogP contribution in [0.4, 0.5) is 11.4 Å². The van der Waals surface area contributed by atoms with Gasteiger partial charge in [0.1, 0.15) is 11.4 Å². The summed E-state index contributed by atoms with van der Waals surface area (Å²) in [5, 5.41) is 3.80. The molecule has 0 N–H and O–H groups in total. The number of hydrogen-bond acceptors (Lipinski definition) is 1. The van der Waals surface area contributed by atoms with Crippen molar-refractivity contribution in [3.63, 3.8) is 0 Å². The Morgan fingerprint density at radius 3 is 2.25 bits per heavy atom. The standard InChI is InChI=1S/C24H22N3.HI/c1-26-22-11-7-5-8-18(22)20-16-17(12-13-23(20)26)27(2,3)24-14-15-25-21-10-6-4-9-19(21)24;/h4-16H,1-3H3;1H/q+1;/p-1. The Morgan fingerprint density at radius 1 is 0.750 bits per heavy atom. The lowest BCUT2D eigenvalue weighted by Gasteiger charge is -2.30. The molecule has 0 saturated carbocycles. The van der Waals surface area contributed by atoms with Gasteiger partial charge in [0.25, 0.3) is 0 Å². The molecule has 2 aromatic heterocycles. The summed E-state index contributed by atoms with van der Waals surface area (Å²) in [5.74, 6) is 0. The quantitative estimate of drug-likeness (QED) is 0.281. The molecule has 3 nitrogen and oxygen atoms in total. The van der Waals surface area contributed by atoms with Gasteiger partial charge in [0, 0.05) is 53.2 Å². The highest BCUT2D eigenvalue weighted by Gasteiger charge is 2.26. The Kier molecular flexibility index (Phi) is 4.63. The molecular formula is C24H22IN3. The molecule has 28 heavy (non-hydrogen) atoms. The molecule has 0 saturated heterocycles. The summed E-state index contributed by atoms with van der Waals surface area (Å²) in [6, 6.07) is 25.9. The normalized spacial score (nSPS) is 11.8. The smallest absolute Gasteiger partial charge is 0.148 e. The van der Waals surface area contributed by atoms with Crippen LogP contribution in [-0.4, -0.2) is 23.6 Å². The number of halogens is 1. The maximum Gasteiger partial charge on any atom is 0.148 e. The minimum absolute atomic E-state index is 0. The molecule has 0 aliphatic rings. The zero-order chi connectivity index (χ0) is 18.6. The number of quaternary nitrogens is 1. The average molecular weight is 479 g/mol. The van der Waals surface area contributed by atoms with Gasteiger partial charge >= 0.3 is 0 Å². The van der Waals surface area contributed by atoms with Gasteiger partial charge in [0.2, 0.25) is 0 Å². The first kappa shape index (κ1) is 18.9. The van der Waals surface area contributed by atoms with Gasteiger partial charge in [-0.2, -0.15) is 0 Å². The lowest BCUT2D eigenvalue weighted by atomic mass is 10.1. The van der Waals surface area contributed by atoms with E-state index in [4.69, 9.17) is 0 Å². The van der Waals surface area contributed by atoms with Crippen molar-refractivity contribution in [1.82, 2.24) is 14.0 Å². The summed E-state index contributed by atoms with van der Waals surface area (Å²) in [7, 11) is 6.63. The monoisotopic (exact) mass is 479 g/mol. The van der Waals surface area contributed by atoms with E-state index in [2.05, 4.69) is 97.4 Å². The van der Waals surface area contributed by atoms with Gasteiger partial charge in [-0.25, -0.2) is 0 Å². The first-order valence-corrected chi connectivity index (χ1v) is 9.23. The summed E-state index contributed by atoms with van der Waals surface area (Å²) in [4.78, 5) is 4.53. The number of fused-ring (bicyclic) bond motifs is 4. The Morgan fingerprint density at radius 2 is 1.43 bits per heavy atom. The van der Waals surface area contributed by atoms with Crippen LogP contribution in [0.1, 0.15) is 0 Å². The second-order valence-electron chi connectivity index (χ2n) is 7.58. The molecule has 140 valence electrons. The van der Waals surface area contributed by atoms with Crippen LogP contribution in [0.25, 0.3) is 32.7 Å². The molecule has 0 bridgehead atoms. The maximum absolute atomic E-state index is 4.53. The minimum atomic E-state index is 0. The van der Waals surface area contributed by atoms with Crippen LogP contribution in [0.3, 0.4) is 0 Å². The van der Waals surface area contributed by atoms with Crippen molar-refractivity contribution in [2.24, 2.45) is 7.05 Å². The van der Waals surface area contributed by atoms with E-state index >= 15 is 0 Å². The summed E-state index contributed by atoms with van der Waals surface area (Å²) >= 11 is 0. The van der Waals surface area contributed by atoms with Crippen molar-refractivity contribution in [3.8, 4) is 0 Å². The van der Waals surface area contributed by atoms with Gasteiger partial charge < -0.3 is 28.5 Å². The van der Waals surface area contributed by atoms with E-state index in [1.54, 1.807) is 0 Å². The molecule has 0 aliphatic heterocycles. The van der Waals surface area contributed by atoms with E-state index < -0.39 is 0 Å².